The van der Waals surface area contributed by atoms with Crippen molar-refractivity contribution in [1.82, 2.24) is 15.2 Å². The van der Waals surface area contributed by atoms with Crippen LogP contribution in [0.4, 0.5) is 0 Å². The number of rotatable bonds is 3. The van der Waals surface area contributed by atoms with Crippen LogP contribution in [0.15, 0.2) is 18.5 Å². The average Bonchev–Trinajstić information content (AvgIpc) is 3.08. The minimum absolute atomic E-state index is 0.00273. The zero-order valence-electron chi connectivity index (χ0n) is 11.3. The van der Waals surface area contributed by atoms with Crippen LogP contribution < -0.4 is 5.32 Å². The maximum absolute atomic E-state index is 12.2. The van der Waals surface area contributed by atoms with Crippen molar-refractivity contribution in [1.29, 1.82) is 0 Å². The highest BCUT2D eigenvalue weighted by atomic mass is 16.5. The smallest absolute Gasteiger partial charge is 0.253 e. The van der Waals surface area contributed by atoms with Crippen molar-refractivity contribution in [2.75, 3.05) is 26.3 Å². The van der Waals surface area contributed by atoms with E-state index in [1.165, 1.54) is 31.3 Å². The maximum atomic E-state index is 12.2. The summed E-state index contributed by atoms with van der Waals surface area (Å²) in [7, 11) is 0. The summed E-state index contributed by atoms with van der Waals surface area (Å²) in [5, 5.41) is 12.4. The Kier molecular flexibility index (Phi) is 3.84. The number of carbonyl (C=O) groups excluding carboxylic acids is 1. The van der Waals surface area contributed by atoms with Crippen LogP contribution in [-0.4, -0.2) is 59.3 Å². The molecule has 2 fully saturated rings. The van der Waals surface area contributed by atoms with E-state index in [4.69, 9.17) is 4.74 Å². The zero-order chi connectivity index (χ0) is 13.9. The number of pyridine rings is 1. The number of hydrogen-bond acceptors (Lipinski definition) is 5. The van der Waals surface area contributed by atoms with Crippen LogP contribution >= 0.6 is 0 Å². The first-order valence-corrected chi connectivity index (χ1v) is 7.01. The highest BCUT2D eigenvalue weighted by molar-refractivity contribution is 5.94. The van der Waals surface area contributed by atoms with Crippen molar-refractivity contribution in [2.45, 2.75) is 24.9 Å². The van der Waals surface area contributed by atoms with Crippen molar-refractivity contribution >= 4 is 5.91 Å². The Morgan fingerprint density at radius 1 is 1.35 bits per heavy atom. The normalized spacial score (nSPS) is 26.8. The Balaban J connectivity index is 1.65. The van der Waals surface area contributed by atoms with E-state index in [2.05, 4.69) is 15.2 Å². The Morgan fingerprint density at radius 2 is 2.15 bits per heavy atom. The molecule has 2 atom stereocenters. The first-order valence-electron chi connectivity index (χ1n) is 7.01. The molecule has 2 N–H and O–H groups in total. The second-order valence-corrected chi connectivity index (χ2v) is 5.36. The minimum Gasteiger partial charge on any atom is -0.506 e. The fraction of sp³-hybridized carbons (Fsp3) is 0.571. The Hall–Kier alpha value is -1.66. The van der Waals surface area contributed by atoms with E-state index in [1.807, 2.05) is 0 Å². The summed E-state index contributed by atoms with van der Waals surface area (Å²) in [6.45, 7) is 3.37. The largest absolute Gasteiger partial charge is 0.506 e. The van der Waals surface area contributed by atoms with Gasteiger partial charge in [0.1, 0.15) is 5.75 Å². The summed E-state index contributed by atoms with van der Waals surface area (Å²) in [5.41, 5.74) is 0.372. The van der Waals surface area contributed by atoms with E-state index in [0.29, 0.717) is 18.8 Å². The lowest BCUT2D eigenvalue weighted by Crippen LogP contribution is -2.50. The first kappa shape index (κ1) is 13.3. The molecule has 0 unspecified atom stereocenters. The van der Waals surface area contributed by atoms with Gasteiger partial charge in [0.05, 0.1) is 37.1 Å². The van der Waals surface area contributed by atoms with Crippen molar-refractivity contribution < 1.29 is 14.6 Å². The lowest BCUT2D eigenvalue weighted by Gasteiger charge is -2.27. The molecule has 0 radical (unpaired) electrons. The number of aromatic nitrogens is 1. The molecule has 2 aliphatic rings. The van der Waals surface area contributed by atoms with Crippen LogP contribution in [0.3, 0.4) is 0 Å². The molecule has 2 saturated heterocycles. The molecule has 1 aromatic heterocycles. The van der Waals surface area contributed by atoms with Gasteiger partial charge in [-0.2, -0.15) is 0 Å². The second-order valence-electron chi connectivity index (χ2n) is 5.36. The number of nitrogens with one attached hydrogen (secondary N) is 1. The minimum atomic E-state index is -0.215. The van der Waals surface area contributed by atoms with Gasteiger partial charge in [0.2, 0.25) is 0 Å². The van der Waals surface area contributed by atoms with Crippen molar-refractivity contribution in [3.63, 3.8) is 0 Å². The number of likely N-dealkylation sites (tertiary alicyclic amines) is 1. The molecule has 2 aliphatic heterocycles. The molecule has 0 bridgehead atoms. The third kappa shape index (κ3) is 2.76. The molecule has 0 aromatic carbocycles. The molecule has 0 aliphatic carbocycles. The van der Waals surface area contributed by atoms with Gasteiger partial charge in [-0.1, -0.05) is 0 Å². The topological polar surface area (TPSA) is 74.7 Å². The monoisotopic (exact) mass is 277 g/mol. The maximum Gasteiger partial charge on any atom is 0.253 e. The van der Waals surface area contributed by atoms with Gasteiger partial charge in [-0.05, 0) is 32.0 Å². The summed E-state index contributed by atoms with van der Waals surface area (Å²) in [6, 6.07) is 1.68. The Labute approximate surface area is 117 Å². The van der Waals surface area contributed by atoms with Crippen molar-refractivity contribution in [2.24, 2.45) is 0 Å². The van der Waals surface area contributed by atoms with Crippen LogP contribution in [-0.2, 0) is 4.74 Å². The quantitative estimate of drug-likeness (QED) is 0.835. The van der Waals surface area contributed by atoms with Gasteiger partial charge in [0.25, 0.3) is 5.91 Å². The zero-order valence-corrected chi connectivity index (χ0v) is 11.3. The van der Waals surface area contributed by atoms with E-state index >= 15 is 0 Å². The van der Waals surface area contributed by atoms with Gasteiger partial charge >= 0.3 is 0 Å². The van der Waals surface area contributed by atoms with Gasteiger partial charge in [0.15, 0.2) is 0 Å². The van der Waals surface area contributed by atoms with Gasteiger partial charge in [-0.3, -0.25) is 14.7 Å². The van der Waals surface area contributed by atoms with Crippen LogP contribution in [0, 0.1) is 0 Å². The third-order valence-corrected chi connectivity index (χ3v) is 3.96. The molecule has 108 valence electrons. The van der Waals surface area contributed by atoms with E-state index in [-0.39, 0.29) is 23.7 Å². The SMILES string of the molecule is O=C(N[C@H]1COC[C@@H]1N1CCCC1)c1cncc(O)c1. The predicted octanol–water partition coefficient (Wildman–Crippen LogP) is 0.380. The van der Waals surface area contributed by atoms with Crippen LogP contribution in [0.5, 0.6) is 5.75 Å². The van der Waals surface area contributed by atoms with Gasteiger partial charge in [-0.25, -0.2) is 0 Å². The summed E-state index contributed by atoms with van der Waals surface area (Å²) in [6.07, 6.45) is 5.19. The lowest BCUT2D eigenvalue weighted by atomic mass is 10.1. The van der Waals surface area contributed by atoms with E-state index in [0.717, 1.165) is 13.1 Å². The third-order valence-electron chi connectivity index (χ3n) is 3.96. The Morgan fingerprint density at radius 3 is 2.90 bits per heavy atom. The molecule has 6 nitrogen and oxygen atoms in total. The highest BCUT2D eigenvalue weighted by Crippen LogP contribution is 2.19. The second kappa shape index (κ2) is 5.76. The molecular formula is C14H19N3O3. The highest BCUT2D eigenvalue weighted by Gasteiger charge is 2.35. The van der Waals surface area contributed by atoms with Gasteiger partial charge in [0, 0.05) is 6.20 Å². The summed E-state index contributed by atoms with van der Waals surface area (Å²) in [5.74, 6) is -0.218. The van der Waals surface area contributed by atoms with Crippen LogP contribution in [0.2, 0.25) is 0 Å². The molecule has 1 aromatic rings. The molecular weight excluding hydrogens is 258 g/mol. The standard InChI is InChI=1S/C14H19N3O3/c18-11-5-10(6-15-7-11)14(19)16-12-8-20-9-13(12)17-3-1-2-4-17/h5-7,12-13,18H,1-4,8-9H2,(H,16,19)/t12-,13-/m0/s1. The number of hydrogen-bond donors (Lipinski definition) is 2. The summed E-state index contributed by atoms with van der Waals surface area (Å²) < 4.78 is 5.52. The molecule has 6 heteroatoms. The molecule has 3 rings (SSSR count). The van der Waals surface area contributed by atoms with E-state index in [1.54, 1.807) is 0 Å². The Bertz CT molecular complexity index is 488. The summed E-state index contributed by atoms with van der Waals surface area (Å²) in [4.78, 5) is 18.4. The molecule has 0 spiro atoms. The van der Waals surface area contributed by atoms with Crippen LogP contribution in [0.25, 0.3) is 0 Å². The predicted molar refractivity (Wildman–Crippen MR) is 72.6 cm³/mol. The lowest BCUT2D eigenvalue weighted by molar-refractivity contribution is 0.0916. The number of ether oxygens (including phenoxy) is 1. The fourth-order valence-corrected chi connectivity index (χ4v) is 2.92. The van der Waals surface area contributed by atoms with E-state index < -0.39 is 0 Å². The number of aromatic hydroxyl groups is 1. The first-order chi connectivity index (χ1) is 9.74. The number of carbonyl (C=O) groups is 1. The summed E-state index contributed by atoms with van der Waals surface area (Å²) >= 11 is 0. The van der Waals surface area contributed by atoms with Crippen molar-refractivity contribution in [3.05, 3.63) is 24.0 Å². The van der Waals surface area contributed by atoms with Crippen molar-refractivity contribution in [3.8, 4) is 5.75 Å². The van der Waals surface area contributed by atoms with Gasteiger partial charge in [-0.15, -0.1) is 0 Å². The molecule has 0 saturated carbocycles. The van der Waals surface area contributed by atoms with E-state index in [9.17, 15) is 9.90 Å². The molecule has 3 heterocycles. The number of nitrogens with zero attached hydrogens (tertiary/aromatic N) is 2. The van der Waals surface area contributed by atoms with Gasteiger partial charge < -0.3 is 15.2 Å². The van der Waals surface area contributed by atoms with Crippen LogP contribution in [0.1, 0.15) is 23.2 Å². The molecule has 1 amide bonds. The fourth-order valence-electron chi connectivity index (χ4n) is 2.92. The molecule has 20 heavy (non-hydrogen) atoms. The number of amides is 1. The average molecular weight is 277 g/mol.